The molecule has 1 aromatic carbocycles. The fourth-order valence-corrected chi connectivity index (χ4v) is 2.42. The van der Waals surface area contributed by atoms with Gasteiger partial charge in [0.05, 0.1) is 24.1 Å². The average molecular weight is 345 g/mol. The first kappa shape index (κ1) is 16.2. The van der Waals surface area contributed by atoms with Gasteiger partial charge in [0.25, 0.3) is 0 Å². The van der Waals surface area contributed by atoms with Gasteiger partial charge < -0.3 is 15.7 Å². The van der Waals surface area contributed by atoms with Gasteiger partial charge in [-0.2, -0.15) is 10.1 Å². The van der Waals surface area contributed by atoms with Gasteiger partial charge in [-0.15, -0.1) is 0 Å². The monoisotopic (exact) mass is 344 g/mol. The van der Waals surface area contributed by atoms with E-state index in [-0.39, 0.29) is 12.6 Å². The molecule has 0 saturated carbocycles. The van der Waals surface area contributed by atoms with E-state index in [2.05, 4.69) is 30.8 Å². The van der Waals surface area contributed by atoms with Gasteiger partial charge in [0.15, 0.2) is 5.82 Å². The number of anilines is 3. The van der Waals surface area contributed by atoms with E-state index in [1.807, 2.05) is 30.3 Å². The third kappa shape index (κ3) is 4.01. The lowest BCUT2D eigenvalue weighted by molar-refractivity contribution is 0.280. The van der Waals surface area contributed by atoms with E-state index in [1.165, 1.54) is 6.20 Å². The molecule has 1 atom stereocenters. The van der Waals surface area contributed by atoms with Gasteiger partial charge in [-0.1, -0.05) is 41.9 Å². The number of nitrogens with zero attached hydrogens (tertiary/aromatic N) is 3. The molecule has 124 valence electrons. The van der Waals surface area contributed by atoms with Crippen LogP contribution in [0.4, 0.5) is 17.5 Å². The Balaban J connectivity index is 1.81. The summed E-state index contributed by atoms with van der Waals surface area (Å²) in [5, 5.41) is 22.6. The van der Waals surface area contributed by atoms with Crippen molar-refractivity contribution in [3.05, 3.63) is 59.5 Å². The summed E-state index contributed by atoms with van der Waals surface area (Å²) >= 11 is 6.21. The van der Waals surface area contributed by atoms with E-state index in [0.29, 0.717) is 23.2 Å². The van der Waals surface area contributed by atoms with E-state index >= 15 is 0 Å². The number of rotatable bonds is 7. The van der Waals surface area contributed by atoms with Crippen molar-refractivity contribution in [2.24, 2.45) is 0 Å². The molecule has 4 N–H and O–H groups in total. The molecule has 8 heteroatoms. The Bertz CT molecular complexity index is 766. The second kappa shape index (κ2) is 7.76. The smallest absolute Gasteiger partial charge is 0.229 e. The number of nitrogens with one attached hydrogen (secondary N) is 3. The first-order chi connectivity index (χ1) is 11.8. The summed E-state index contributed by atoms with van der Waals surface area (Å²) in [6.07, 6.45) is 5.39. The fraction of sp³-hybridized carbons (Fsp3) is 0.188. The standard InChI is InChI=1S/C16H17ClN6O/c17-13-10-18-16(21-12-8-19-20-9-12)23-15(13)22-14(6-7-24)11-4-2-1-3-5-11/h1-5,8-10,14,24H,6-7H2,(H,19,20)(H2,18,21,22,23). The SMILES string of the molecule is OCCC(Nc1nc(Nc2cn[nH]c2)ncc1Cl)c1ccccc1. The maximum atomic E-state index is 9.34. The number of halogens is 1. The third-order valence-corrected chi connectivity index (χ3v) is 3.71. The Labute approximate surface area is 144 Å². The molecule has 2 aromatic heterocycles. The lowest BCUT2D eigenvalue weighted by atomic mass is 10.0. The Morgan fingerprint density at radius 3 is 2.75 bits per heavy atom. The van der Waals surface area contributed by atoms with Crippen LogP contribution >= 0.6 is 11.6 Å². The van der Waals surface area contributed by atoms with Crippen LogP contribution in [-0.4, -0.2) is 31.9 Å². The topological polar surface area (TPSA) is 98.7 Å². The van der Waals surface area contributed by atoms with Crippen molar-refractivity contribution in [3.8, 4) is 0 Å². The molecular weight excluding hydrogens is 328 g/mol. The normalized spacial score (nSPS) is 11.9. The van der Waals surface area contributed by atoms with Crippen LogP contribution in [-0.2, 0) is 0 Å². The van der Waals surface area contributed by atoms with Gasteiger partial charge in [0, 0.05) is 12.8 Å². The number of hydrogen-bond acceptors (Lipinski definition) is 6. The van der Waals surface area contributed by atoms with E-state index in [0.717, 1.165) is 11.3 Å². The number of H-pyrrole nitrogens is 1. The molecule has 2 heterocycles. The molecule has 0 bridgehead atoms. The van der Waals surface area contributed by atoms with Crippen LogP contribution in [0, 0.1) is 0 Å². The van der Waals surface area contributed by atoms with Crippen LogP contribution in [0.1, 0.15) is 18.0 Å². The molecule has 0 aliphatic carbocycles. The lowest BCUT2D eigenvalue weighted by Crippen LogP contribution is -2.14. The van der Waals surface area contributed by atoms with Gasteiger partial charge in [0.2, 0.25) is 5.95 Å². The van der Waals surface area contributed by atoms with E-state index in [1.54, 1.807) is 12.4 Å². The van der Waals surface area contributed by atoms with Crippen LogP contribution in [0.15, 0.2) is 48.9 Å². The van der Waals surface area contributed by atoms with Gasteiger partial charge in [0.1, 0.15) is 5.02 Å². The van der Waals surface area contributed by atoms with Crippen molar-refractivity contribution >= 4 is 29.1 Å². The summed E-state index contributed by atoms with van der Waals surface area (Å²) in [6, 6.07) is 9.74. The van der Waals surface area contributed by atoms with Gasteiger partial charge in [-0.05, 0) is 12.0 Å². The molecule has 0 aliphatic heterocycles. The summed E-state index contributed by atoms with van der Waals surface area (Å²) in [4.78, 5) is 8.56. The number of aliphatic hydroxyl groups excluding tert-OH is 1. The zero-order chi connectivity index (χ0) is 16.8. The van der Waals surface area contributed by atoms with Crippen molar-refractivity contribution in [3.63, 3.8) is 0 Å². The zero-order valence-electron chi connectivity index (χ0n) is 12.8. The molecular formula is C16H17ClN6O. The fourth-order valence-electron chi connectivity index (χ4n) is 2.28. The van der Waals surface area contributed by atoms with Crippen molar-refractivity contribution in [2.45, 2.75) is 12.5 Å². The maximum absolute atomic E-state index is 9.34. The molecule has 7 nitrogen and oxygen atoms in total. The predicted molar refractivity (Wildman–Crippen MR) is 93.4 cm³/mol. The average Bonchev–Trinajstić information content (AvgIpc) is 3.11. The molecule has 1 unspecified atom stereocenters. The highest BCUT2D eigenvalue weighted by atomic mass is 35.5. The molecule has 3 aromatic rings. The molecule has 24 heavy (non-hydrogen) atoms. The minimum atomic E-state index is -0.106. The molecule has 0 saturated heterocycles. The lowest BCUT2D eigenvalue weighted by Gasteiger charge is -2.20. The van der Waals surface area contributed by atoms with Crippen molar-refractivity contribution in [2.75, 3.05) is 17.2 Å². The Hall–Kier alpha value is -2.64. The third-order valence-electron chi connectivity index (χ3n) is 3.43. The van der Waals surface area contributed by atoms with Crippen molar-refractivity contribution in [1.29, 1.82) is 0 Å². The number of hydrogen-bond donors (Lipinski definition) is 4. The summed E-state index contributed by atoms with van der Waals surface area (Å²) < 4.78 is 0. The van der Waals surface area contributed by atoms with E-state index in [9.17, 15) is 5.11 Å². The Morgan fingerprint density at radius 2 is 2.04 bits per heavy atom. The second-order valence-corrected chi connectivity index (χ2v) is 5.53. The van der Waals surface area contributed by atoms with Gasteiger partial charge in [-0.3, -0.25) is 5.10 Å². The molecule has 0 spiro atoms. The number of aromatic nitrogens is 4. The van der Waals surface area contributed by atoms with Crippen molar-refractivity contribution in [1.82, 2.24) is 20.2 Å². The van der Waals surface area contributed by atoms with Gasteiger partial charge >= 0.3 is 0 Å². The molecule has 0 amide bonds. The minimum Gasteiger partial charge on any atom is -0.396 e. The Kier molecular flexibility index (Phi) is 5.25. The summed E-state index contributed by atoms with van der Waals surface area (Å²) in [5.74, 6) is 0.902. The van der Waals surface area contributed by atoms with Crippen LogP contribution in [0.25, 0.3) is 0 Å². The van der Waals surface area contributed by atoms with Crippen LogP contribution in [0.5, 0.6) is 0 Å². The highest BCUT2D eigenvalue weighted by Crippen LogP contribution is 2.27. The molecule has 3 rings (SSSR count). The maximum Gasteiger partial charge on any atom is 0.229 e. The van der Waals surface area contributed by atoms with Gasteiger partial charge in [-0.25, -0.2) is 4.98 Å². The summed E-state index contributed by atoms with van der Waals surface area (Å²) in [6.45, 7) is 0.0510. The number of aliphatic hydroxyl groups is 1. The Morgan fingerprint density at radius 1 is 1.21 bits per heavy atom. The van der Waals surface area contributed by atoms with Crippen molar-refractivity contribution < 1.29 is 5.11 Å². The first-order valence-corrected chi connectivity index (χ1v) is 7.84. The van der Waals surface area contributed by atoms with Crippen LogP contribution < -0.4 is 10.6 Å². The quantitative estimate of drug-likeness (QED) is 0.525. The minimum absolute atomic E-state index is 0.0510. The van der Waals surface area contributed by atoms with E-state index < -0.39 is 0 Å². The number of aromatic amines is 1. The summed E-state index contributed by atoms with van der Waals surface area (Å²) in [7, 11) is 0. The zero-order valence-corrected chi connectivity index (χ0v) is 13.5. The molecule has 0 aliphatic rings. The second-order valence-electron chi connectivity index (χ2n) is 5.12. The van der Waals surface area contributed by atoms with Crippen LogP contribution in [0.3, 0.4) is 0 Å². The largest absolute Gasteiger partial charge is 0.396 e. The first-order valence-electron chi connectivity index (χ1n) is 7.47. The highest BCUT2D eigenvalue weighted by Gasteiger charge is 2.14. The van der Waals surface area contributed by atoms with Crippen LogP contribution in [0.2, 0.25) is 5.02 Å². The molecule has 0 fully saturated rings. The summed E-state index contributed by atoms with van der Waals surface area (Å²) in [5.41, 5.74) is 1.80. The van der Waals surface area contributed by atoms with E-state index in [4.69, 9.17) is 11.6 Å². The molecule has 0 radical (unpaired) electrons. The highest BCUT2D eigenvalue weighted by molar-refractivity contribution is 6.32. The predicted octanol–water partition coefficient (Wildman–Crippen LogP) is 3.13. The number of benzene rings is 1.